The molecule has 1 aromatic heterocycles. The van der Waals surface area contributed by atoms with E-state index in [2.05, 4.69) is 4.98 Å². The molecule has 0 aliphatic rings. The molecule has 0 radical (unpaired) electrons. The minimum Gasteiger partial charge on any atom is -0.369 e. The van der Waals surface area contributed by atoms with E-state index in [1.165, 1.54) is 6.07 Å². The zero-order chi connectivity index (χ0) is 19.4. The van der Waals surface area contributed by atoms with E-state index in [1.54, 1.807) is 24.4 Å². The minimum absolute atomic E-state index is 0.137. The molecule has 0 aliphatic heterocycles. The van der Waals surface area contributed by atoms with Crippen molar-refractivity contribution >= 4 is 5.91 Å². The topological polar surface area (TPSA) is 56.0 Å². The van der Waals surface area contributed by atoms with Gasteiger partial charge >= 0.3 is 6.18 Å². The Kier molecular flexibility index (Phi) is 5.26. The number of alkyl halides is 3. The van der Waals surface area contributed by atoms with Crippen molar-refractivity contribution < 1.29 is 18.0 Å². The third kappa shape index (κ3) is 4.94. The van der Waals surface area contributed by atoms with Gasteiger partial charge in [-0.05, 0) is 47.4 Å². The highest BCUT2D eigenvalue weighted by atomic mass is 19.4. The lowest BCUT2D eigenvalue weighted by Crippen LogP contribution is -2.13. The summed E-state index contributed by atoms with van der Waals surface area (Å²) in [5, 5.41) is 0. The van der Waals surface area contributed by atoms with E-state index in [0.717, 1.165) is 28.8 Å². The minimum atomic E-state index is -4.36. The van der Waals surface area contributed by atoms with Gasteiger partial charge in [-0.3, -0.25) is 9.78 Å². The third-order valence-corrected chi connectivity index (χ3v) is 4.09. The molecule has 2 aromatic carbocycles. The van der Waals surface area contributed by atoms with Crippen LogP contribution in [-0.2, 0) is 23.8 Å². The van der Waals surface area contributed by atoms with Gasteiger partial charge in [0.15, 0.2) is 0 Å². The molecule has 3 aromatic rings. The van der Waals surface area contributed by atoms with E-state index in [0.29, 0.717) is 17.7 Å². The van der Waals surface area contributed by atoms with Crippen molar-refractivity contribution in [3.63, 3.8) is 0 Å². The number of hydrogen-bond acceptors (Lipinski definition) is 2. The number of benzene rings is 2. The SMILES string of the molecule is NC(=O)Cc1cccc(-c2cc(Cc3cccc(C(F)(F)F)c3)ccn2)c1. The summed E-state index contributed by atoms with van der Waals surface area (Å²) < 4.78 is 38.6. The lowest BCUT2D eigenvalue weighted by Gasteiger charge is -2.10. The Hall–Kier alpha value is -3.15. The quantitative estimate of drug-likeness (QED) is 0.724. The van der Waals surface area contributed by atoms with Crippen molar-refractivity contribution in [1.29, 1.82) is 0 Å². The smallest absolute Gasteiger partial charge is 0.369 e. The first kappa shape index (κ1) is 18.6. The number of rotatable bonds is 5. The Morgan fingerprint density at radius 3 is 2.37 bits per heavy atom. The van der Waals surface area contributed by atoms with Crippen molar-refractivity contribution in [1.82, 2.24) is 4.98 Å². The molecule has 0 bridgehead atoms. The summed E-state index contributed by atoms with van der Waals surface area (Å²) in [6.45, 7) is 0. The van der Waals surface area contributed by atoms with Crippen molar-refractivity contribution in [3.8, 4) is 11.3 Å². The number of pyridine rings is 1. The molecule has 2 N–H and O–H groups in total. The summed E-state index contributed by atoms with van der Waals surface area (Å²) in [4.78, 5) is 15.4. The van der Waals surface area contributed by atoms with Crippen molar-refractivity contribution in [2.24, 2.45) is 5.73 Å². The standard InChI is InChI=1S/C21H17F3N2O/c22-21(23,24)18-6-2-4-14(11-18)9-16-7-8-26-19(12-16)17-5-1-3-15(10-17)13-20(25)27/h1-8,10-12H,9,13H2,(H2,25,27). The van der Waals surface area contributed by atoms with Gasteiger partial charge in [-0.25, -0.2) is 0 Å². The molecule has 0 saturated carbocycles. The summed E-state index contributed by atoms with van der Waals surface area (Å²) >= 11 is 0. The maximum absolute atomic E-state index is 12.9. The van der Waals surface area contributed by atoms with E-state index in [1.807, 2.05) is 24.3 Å². The van der Waals surface area contributed by atoms with E-state index in [-0.39, 0.29) is 6.42 Å². The van der Waals surface area contributed by atoms with Gasteiger partial charge in [-0.2, -0.15) is 13.2 Å². The van der Waals surface area contributed by atoms with Crippen LogP contribution in [0, 0.1) is 0 Å². The summed E-state index contributed by atoms with van der Waals surface area (Å²) in [7, 11) is 0. The van der Waals surface area contributed by atoms with Crippen LogP contribution in [0.1, 0.15) is 22.3 Å². The molecule has 1 amide bonds. The molecule has 6 heteroatoms. The molecule has 0 atom stereocenters. The fraction of sp³-hybridized carbons (Fsp3) is 0.143. The molecule has 1 heterocycles. The predicted molar refractivity (Wildman–Crippen MR) is 96.8 cm³/mol. The van der Waals surface area contributed by atoms with E-state index in [9.17, 15) is 18.0 Å². The molecule has 0 aliphatic carbocycles. The van der Waals surface area contributed by atoms with Crippen molar-refractivity contribution in [2.75, 3.05) is 0 Å². The summed E-state index contributed by atoms with van der Waals surface area (Å²) in [5.41, 5.74) is 8.28. The number of aromatic nitrogens is 1. The van der Waals surface area contributed by atoms with Gasteiger partial charge in [0.1, 0.15) is 0 Å². The number of nitrogens with zero attached hydrogens (tertiary/aromatic N) is 1. The van der Waals surface area contributed by atoms with Crippen molar-refractivity contribution in [3.05, 3.63) is 89.1 Å². The zero-order valence-electron chi connectivity index (χ0n) is 14.3. The van der Waals surface area contributed by atoms with Crippen LogP contribution in [0.15, 0.2) is 66.9 Å². The number of carbonyl (C=O) groups is 1. The highest BCUT2D eigenvalue weighted by molar-refractivity contribution is 5.77. The van der Waals surface area contributed by atoms with Gasteiger partial charge < -0.3 is 5.73 Å². The molecule has 3 rings (SSSR count). The molecule has 0 fully saturated rings. The molecular weight excluding hydrogens is 353 g/mol. The second-order valence-corrected chi connectivity index (χ2v) is 6.27. The Balaban J connectivity index is 1.85. The van der Waals surface area contributed by atoms with Crippen LogP contribution >= 0.6 is 0 Å². The first-order valence-corrected chi connectivity index (χ1v) is 8.30. The largest absolute Gasteiger partial charge is 0.416 e. The Morgan fingerprint density at radius 1 is 0.926 bits per heavy atom. The molecule has 0 spiro atoms. The van der Waals surface area contributed by atoms with Crippen LogP contribution in [0.2, 0.25) is 0 Å². The number of nitrogens with two attached hydrogens (primary N) is 1. The second kappa shape index (κ2) is 7.61. The van der Waals surface area contributed by atoms with Crippen LogP contribution in [-0.4, -0.2) is 10.9 Å². The fourth-order valence-electron chi connectivity index (χ4n) is 2.88. The second-order valence-electron chi connectivity index (χ2n) is 6.27. The molecule has 0 saturated heterocycles. The third-order valence-electron chi connectivity index (χ3n) is 4.09. The van der Waals surface area contributed by atoms with Crippen LogP contribution in [0.4, 0.5) is 13.2 Å². The molecule has 0 unspecified atom stereocenters. The average Bonchev–Trinajstić information content (AvgIpc) is 2.61. The van der Waals surface area contributed by atoms with Gasteiger partial charge in [0.25, 0.3) is 0 Å². The maximum atomic E-state index is 12.9. The van der Waals surface area contributed by atoms with E-state index >= 15 is 0 Å². The Labute approximate surface area is 154 Å². The van der Waals surface area contributed by atoms with Crippen molar-refractivity contribution in [2.45, 2.75) is 19.0 Å². The highest BCUT2D eigenvalue weighted by Crippen LogP contribution is 2.30. The lowest BCUT2D eigenvalue weighted by atomic mass is 10.0. The molecule has 138 valence electrons. The van der Waals surface area contributed by atoms with Crippen LogP contribution in [0.5, 0.6) is 0 Å². The zero-order valence-corrected chi connectivity index (χ0v) is 14.3. The monoisotopic (exact) mass is 370 g/mol. The number of hydrogen-bond donors (Lipinski definition) is 1. The van der Waals surface area contributed by atoms with E-state index < -0.39 is 17.6 Å². The van der Waals surface area contributed by atoms with Gasteiger partial charge in [0, 0.05) is 11.8 Å². The van der Waals surface area contributed by atoms with Gasteiger partial charge in [-0.1, -0.05) is 36.4 Å². The maximum Gasteiger partial charge on any atom is 0.416 e. The highest BCUT2D eigenvalue weighted by Gasteiger charge is 2.30. The first-order chi connectivity index (χ1) is 12.8. The molecule has 27 heavy (non-hydrogen) atoms. The normalized spacial score (nSPS) is 11.4. The lowest BCUT2D eigenvalue weighted by molar-refractivity contribution is -0.137. The number of carbonyl (C=O) groups excluding carboxylic acids is 1. The van der Waals surface area contributed by atoms with Crippen LogP contribution in [0.25, 0.3) is 11.3 Å². The average molecular weight is 370 g/mol. The number of amides is 1. The summed E-state index contributed by atoms with van der Waals surface area (Å²) in [6.07, 6.45) is -2.24. The van der Waals surface area contributed by atoms with E-state index in [4.69, 9.17) is 5.73 Å². The van der Waals surface area contributed by atoms with Gasteiger partial charge in [0.05, 0.1) is 17.7 Å². The summed E-state index contributed by atoms with van der Waals surface area (Å²) in [5.74, 6) is -0.418. The van der Waals surface area contributed by atoms with Crippen LogP contribution in [0.3, 0.4) is 0 Å². The van der Waals surface area contributed by atoms with Gasteiger partial charge in [-0.15, -0.1) is 0 Å². The Bertz CT molecular complexity index is 967. The predicted octanol–water partition coefficient (Wildman–Crippen LogP) is 4.39. The molecular formula is C21H17F3N2O. The fourth-order valence-corrected chi connectivity index (χ4v) is 2.88. The number of halogens is 3. The van der Waals surface area contributed by atoms with Gasteiger partial charge in [0.2, 0.25) is 5.91 Å². The number of primary amides is 1. The first-order valence-electron chi connectivity index (χ1n) is 8.30. The summed E-state index contributed by atoms with van der Waals surface area (Å²) in [6, 6.07) is 16.2. The molecule has 3 nitrogen and oxygen atoms in total. The Morgan fingerprint density at radius 2 is 1.63 bits per heavy atom. The van der Waals surface area contributed by atoms with Crippen LogP contribution < -0.4 is 5.73 Å².